The molecule has 0 radical (unpaired) electrons. The Balaban J connectivity index is 1.94. The molecule has 0 spiro atoms. The summed E-state index contributed by atoms with van der Waals surface area (Å²) in [6, 6.07) is 10.7. The Labute approximate surface area is 132 Å². The van der Waals surface area contributed by atoms with Gasteiger partial charge in [-0.3, -0.25) is 0 Å². The van der Waals surface area contributed by atoms with E-state index in [1.807, 2.05) is 11.3 Å². The maximum absolute atomic E-state index is 5.91. The molecule has 3 heteroatoms. The Kier molecular flexibility index (Phi) is 5.83. The molecule has 1 heterocycles. The summed E-state index contributed by atoms with van der Waals surface area (Å²) in [7, 11) is 0. The van der Waals surface area contributed by atoms with Crippen LogP contribution in [0, 0.1) is 6.92 Å². The van der Waals surface area contributed by atoms with Gasteiger partial charge in [0, 0.05) is 21.9 Å². The van der Waals surface area contributed by atoms with Gasteiger partial charge < -0.3 is 10.1 Å². The summed E-state index contributed by atoms with van der Waals surface area (Å²) in [6.07, 6.45) is 0. The summed E-state index contributed by atoms with van der Waals surface area (Å²) >= 11 is 1.85. The third kappa shape index (κ3) is 4.58. The molecule has 0 amide bonds. The van der Waals surface area contributed by atoms with Crippen molar-refractivity contribution in [3.05, 3.63) is 51.2 Å². The molecule has 0 aliphatic carbocycles. The van der Waals surface area contributed by atoms with E-state index >= 15 is 0 Å². The summed E-state index contributed by atoms with van der Waals surface area (Å²) in [5.41, 5.74) is 2.64. The van der Waals surface area contributed by atoms with E-state index in [2.05, 4.69) is 63.3 Å². The van der Waals surface area contributed by atoms with Crippen LogP contribution in [0.4, 0.5) is 0 Å². The van der Waals surface area contributed by atoms with Crippen LogP contribution in [0.25, 0.3) is 0 Å². The topological polar surface area (TPSA) is 21.3 Å². The maximum atomic E-state index is 5.91. The largest absolute Gasteiger partial charge is 0.489 e. The predicted octanol–water partition coefficient (Wildman–Crippen LogP) is 4.87. The van der Waals surface area contributed by atoms with Gasteiger partial charge in [0.2, 0.25) is 0 Å². The van der Waals surface area contributed by atoms with Gasteiger partial charge in [-0.25, -0.2) is 0 Å². The quantitative estimate of drug-likeness (QED) is 0.788. The van der Waals surface area contributed by atoms with Crippen LogP contribution in [0.5, 0.6) is 5.75 Å². The molecule has 114 valence electrons. The summed E-state index contributed by atoms with van der Waals surface area (Å²) in [6.45, 7) is 11.3. The summed E-state index contributed by atoms with van der Waals surface area (Å²) in [4.78, 5) is 2.73. The molecule has 2 aromatic rings. The smallest absolute Gasteiger partial charge is 0.119 e. The lowest BCUT2D eigenvalue weighted by Gasteiger charge is -2.08. The molecule has 0 aliphatic heterocycles. The fourth-order valence-electron chi connectivity index (χ4n) is 2.18. The number of thiophene rings is 1. The molecule has 0 aliphatic rings. The average molecular weight is 303 g/mol. The number of ether oxygens (including phenoxy) is 1. The van der Waals surface area contributed by atoms with Gasteiger partial charge in [0.1, 0.15) is 12.4 Å². The second kappa shape index (κ2) is 7.62. The van der Waals surface area contributed by atoms with Crippen molar-refractivity contribution in [2.75, 3.05) is 6.54 Å². The predicted molar refractivity (Wildman–Crippen MR) is 91.3 cm³/mol. The number of nitrogens with one attached hydrogen (secondary N) is 1. The van der Waals surface area contributed by atoms with Crippen molar-refractivity contribution in [3.8, 4) is 5.75 Å². The Bertz CT molecular complexity index is 557. The van der Waals surface area contributed by atoms with Crippen molar-refractivity contribution >= 4 is 11.3 Å². The lowest BCUT2D eigenvalue weighted by atomic mass is 10.0. The van der Waals surface area contributed by atoms with Gasteiger partial charge in [-0.1, -0.05) is 32.9 Å². The van der Waals surface area contributed by atoms with Gasteiger partial charge in [-0.05, 0) is 43.1 Å². The Morgan fingerprint density at radius 2 is 1.90 bits per heavy atom. The highest BCUT2D eigenvalue weighted by molar-refractivity contribution is 7.12. The van der Waals surface area contributed by atoms with Crippen LogP contribution in [0.1, 0.15) is 47.6 Å². The van der Waals surface area contributed by atoms with E-state index in [9.17, 15) is 0 Å². The van der Waals surface area contributed by atoms with Gasteiger partial charge in [-0.2, -0.15) is 0 Å². The summed E-state index contributed by atoms with van der Waals surface area (Å²) in [5.74, 6) is 1.50. The van der Waals surface area contributed by atoms with E-state index in [1.165, 1.54) is 20.9 Å². The monoisotopic (exact) mass is 303 g/mol. The van der Waals surface area contributed by atoms with Crippen molar-refractivity contribution in [2.24, 2.45) is 0 Å². The van der Waals surface area contributed by atoms with Crippen LogP contribution in [0.2, 0.25) is 0 Å². The third-order valence-electron chi connectivity index (χ3n) is 3.56. The van der Waals surface area contributed by atoms with E-state index in [4.69, 9.17) is 4.74 Å². The molecule has 1 aromatic carbocycles. The van der Waals surface area contributed by atoms with Crippen molar-refractivity contribution < 1.29 is 4.74 Å². The number of rotatable bonds is 7. The molecule has 1 N–H and O–H groups in total. The van der Waals surface area contributed by atoms with E-state index < -0.39 is 0 Å². The molecular formula is C18H25NOS. The van der Waals surface area contributed by atoms with Crippen molar-refractivity contribution in [1.82, 2.24) is 5.32 Å². The van der Waals surface area contributed by atoms with Crippen LogP contribution in [0.15, 0.2) is 30.3 Å². The van der Waals surface area contributed by atoms with E-state index in [-0.39, 0.29) is 0 Å². The SMILES string of the molecule is CCNCc1cc(COc2ccc(C(C)C)cc2)c(C)s1. The fraction of sp³-hybridized carbons (Fsp3) is 0.444. The molecule has 1 aromatic heterocycles. The molecule has 21 heavy (non-hydrogen) atoms. The third-order valence-corrected chi connectivity index (χ3v) is 4.65. The van der Waals surface area contributed by atoms with Gasteiger partial charge in [-0.15, -0.1) is 11.3 Å². The first-order chi connectivity index (χ1) is 10.1. The molecule has 0 atom stereocenters. The Morgan fingerprint density at radius 3 is 2.52 bits per heavy atom. The normalized spacial score (nSPS) is 11.1. The first-order valence-electron chi connectivity index (χ1n) is 7.61. The average Bonchev–Trinajstić information content (AvgIpc) is 2.83. The first kappa shape index (κ1) is 16.1. The van der Waals surface area contributed by atoms with Crippen LogP contribution in [-0.2, 0) is 13.2 Å². The molecule has 0 saturated carbocycles. The fourth-order valence-corrected chi connectivity index (χ4v) is 3.19. The molecule has 2 rings (SSSR count). The zero-order chi connectivity index (χ0) is 15.2. The number of hydrogen-bond donors (Lipinski definition) is 1. The van der Waals surface area contributed by atoms with E-state index in [0.29, 0.717) is 12.5 Å². The maximum Gasteiger partial charge on any atom is 0.119 e. The lowest BCUT2D eigenvalue weighted by Crippen LogP contribution is -2.10. The van der Waals surface area contributed by atoms with Crippen LogP contribution in [-0.4, -0.2) is 6.54 Å². The number of aryl methyl sites for hydroxylation is 1. The van der Waals surface area contributed by atoms with E-state index in [1.54, 1.807) is 0 Å². The van der Waals surface area contributed by atoms with Crippen molar-refractivity contribution in [1.29, 1.82) is 0 Å². The molecule has 0 fully saturated rings. The minimum absolute atomic E-state index is 0.562. The Hall–Kier alpha value is -1.32. The number of benzene rings is 1. The van der Waals surface area contributed by atoms with Crippen LogP contribution < -0.4 is 10.1 Å². The number of hydrogen-bond acceptors (Lipinski definition) is 3. The van der Waals surface area contributed by atoms with Gasteiger partial charge in [0.15, 0.2) is 0 Å². The lowest BCUT2D eigenvalue weighted by molar-refractivity contribution is 0.306. The van der Waals surface area contributed by atoms with Crippen molar-refractivity contribution in [3.63, 3.8) is 0 Å². The van der Waals surface area contributed by atoms with Gasteiger partial charge >= 0.3 is 0 Å². The second-order valence-corrected chi connectivity index (χ2v) is 6.93. The second-order valence-electron chi connectivity index (χ2n) is 5.59. The Morgan fingerprint density at radius 1 is 1.19 bits per heavy atom. The van der Waals surface area contributed by atoms with E-state index in [0.717, 1.165) is 18.8 Å². The molecule has 0 unspecified atom stereocenters. The van der Waals surface area contributed by atoms with Crippen molar-refractivity contribution in [2.45, 2.75) is 46.8 Å². The van der Waals surface area contributed by atoms with Gasteiger partial charge in [0.25, 0.3) is 0 Å². The van der Waals surface area contributed by atoms with Crippen LogP contribution in [0.3, 0.4) is 0 Å². The van der Waals surface area contributed by atoms with Gasteiger partial charge in [0.05, 0.1) is 0 Å². The minimum atomic E-state index is 0.562. The summed E-state index contributed by atoms with van der Waals surface area (Å²) in [5, 5.41) is 3.37. The molecule has 2 nitrogen and oxygen atoms in total. The minimum Gasteiger partial charge on any atom is -0.489 e. The highest BCUT2D eigenvalue weighted by Crippen LogP contribution is 2.24. The zero-order valence-electron chi connectivity index (χ0n) is 13.4. The first-order valence-corrected chi connectivity index (χ1v) is 8.43. The highest BCUT2D eigenvalue weighted by Gasteiger charge is 2.06. The molecule has 0 bridgehead atoms. The zero-order valence-corrected chi connectivity index (χ0v) is 14.2. The molecule has 0 saturated heterocycles. The highest BCUT2D eigenvalue weighted by atomic mass is 32.1. The standard InChI is InChI=1S/C18H25NOS/c1-5-19-11-18-10-16(14(4)21-18)12-20-17-8-6-15(7-9-17)13(2)3/h6-10,13,19H,5,11-12H2,1-4H3. The summed E-state index contributed by atoms with van der Waals surface area (Å²) < 4.78 is 5.91. The molecular weight excluding hydrogens is 278 g/mol. The van der Waals surface area contributed by atoms with Crippen LogP contribution >= 0.6 is 11.3 Å².